The molecule has 0 aliphatic carbocycles. The SMILES string of the molecule is CCCCCCCCc1sc[n+](CC(=O)c2ccc3c(c2)CCC(=O)N3)c1CCCCCCCC.[Br-]. The molecule has 1 aliphatic rings. The number of ketones is 1. The number of rotatable bonds is 17. The summed E-state index contributed by atoms with van der Waals surface area (Å²) in [7, 11) is 0. The molecule has 0 fully saturated rings. The maximum Gasteiger partial charge on any atom is 0.227 e. The molecule has 0 atom stereocenters. The molecule has 0 saturated heterocycles. The van der Waals surface area contributed by atoms with Crippen LogP contribution in [0.5, 0.6) is 0 Å². The molecule has 1 aromatic carbocycles. The third kappa shape index (κ3) is 9.74. The molecule has 2 heterocycles. The smallest absolute Gasteiger partial charge is 0.227 e. The molecule has 0 saturated carbocycles. The third-order valence-corrected chi connectivity index (χ3v) is 8.24. The van der Waals surface area contributed by atoms with Gasteiger partial charge in [-0.05, 0) is 49.4 Å². The minimum atomic E-state index is 0. The Labute approximate surface area is 233 Å². The first-order valence-corrected chi connectivity index (χ1v) is 14.9. The monoisotopic (exact) mass is 576 g/mol. The predicted molar refractivity (Wildman–Crippen MR) is 146 cm³/mol. The first-order valence-electron chi connectivity index (χ1n) is 14.1. The normalized spacial score (nSPS) is 12.7. The van der Waals surface area contributed by atoms with Gasteiger partial charge < -0.3 is 22.3 Å². The van der Waals surface area contributed by atoms with Crippen molar-refractivity contribution < 1.29 is 31.1 Å². The molecule has 6 heteroatoms. The van der Waals surface area contributed by atoms with E-state index in [1.165, 1.54) is 87.6 Å². The highest BCUT2D eigenvalue weighted by Gasteiger charge is 2.23. The Balaban J connectivity index is 0.00000456. The zero-order valence-electron chi connectivity index (χ0n) is 22.4. The summed E-state index contributed by atoms with van der Waals surface area (Å²) in [6.45, 7) is 4.93. The molecule has 1 amide bonds. The van der Waals surface area contributed by atoms with E-state index in [9.17, 15) is 9.59 Å². The standard InChI is InChI=1S/C30H44N2O2S.BrH/c1-3-5-7-9-11-13-15-27-29(16-14-12-10-8-6-4-2)35-23-32(27)22-28(33)25-17-19-26-24(21-25)18-20-30(34)31-26;/h17,19,21,23H,3-16,18,20,22H2,1-2H3;1H. The van der Waals surface area contributed by atoms with E-state index in [0.717, 1.165) is 29.7 Å². The molecule has 1 aliphatic heterocycles. The number of aryl methyl sites for hydroxylation is 2. The molecular formula is C30H45BrN2O2S. The molecule has 0 bridgehead atoms. The lowest BCUT2D eigenvalue weighted by molar-refractivity contribution is -0.686. The Morgan fingerprint density at radius 2 is 1.53 bits per heavy atom. The van der Waals surface area contributed by atoms with Crippen LogP contribution in [0.1, 0.15) is 124 Å². The van der Waals surface area contributed by atoms with Gasteiger partial charge >= 0.3 is 0 Å². The topological polar surface area (TPSA) is 50.0 Å². The van der Waals surface area contributed by atoms with E-state index in [4.69, 9.17) is 0 Å². The number of anilines is 1. The second-order valence-electron chi connectivity index (χ2n) is 10.1. The molecule has 200 valence electrons. The van der Waals surface area contributed by atoms with Crippen LogP contribution in [0, 0.1) is 0 Å². The minimum Gasteiger partial charge on any atom is -1.00 e. The second-order valence-corrected chi connectivity index (χ2v) is 11.0. The number of carbonyl (C=O) groups is 2. The molecule has 1 aromatic heterocycles. The van der Waals surface area contributed by atoms with Crippen molar-refractivity contribution >= 4 is 28.7 Å². The number of amides is 1. The van der Waals surface area contributed by atoms with Crippen LogP contribution in [0.25, 0.3) is 0 Å². The summed E-state index contributed by atoms with van der Waals surface area (Å²) >= 11 is 1.84. The summed E-state index contributed by atoms with van der Waals surface area (Å²) in [5.74, 6) is 0.213. The fourth-order valence-electron chi connectivity index (χ4n) is 4.98. The number of thiazole rings is 1. The van der Waals surface area contributed by atoms with Crippen molar-refractivity contribution in [2.45, 2.75) is 123 Å². The zero-order valence-corrected chi connectivity index (χ0v) is 24.8. The Bertz CT molecular complexity index is 956. The van der Waals surface area contributed by atoms with Crippen LogP contribution in [-0.4, -0.2) is 11.7 Å². The molecule has 1 N–H and O–H groups in total. The highest BCUT2D eigenvalue weighted by atomic mass is 79.9. The highest BCUT2D eigenvalue weighted by molar-refractivity contribution is 7.09. The van der Waals surface area contributed by atoms with Crippen LogP contribution in [0.3, 0.4) is 0 Å². The number of nitrogens with zero attached hydrogens (tertiary/aromatic N) is 1. The van der Waals surface area contributed by atoms with Gasteiger partial charge in [-0.1, -0.05) is 89.4 Å². The zero-order chi connectivity index (χ0) is 24.9. The van der Waals surface area contributed by atoms with Crippen LogP contribution in [0.2, 0.25) is 0 Å². The van der Waals surface area contributed by atoms with Crippen molar-refractivity contribution in [2.75, 3.05) is 5.32 Å². The Hall–Kier alpha value is -1.53. The van der Waals surface area contributed by atoms with Gasteiger partial charge in [0.15, 0.2) is 5.69 Å². The fraction of sp³-hybridized carbons (Fsp3) is 0.633. The lowest BCUT2D eigenvalue weighted by atomic mass is 9.98. The summed E-state index contributed by atoms with van der Waals surface area (Å²) in [6, 6.07) is 5.73. The van der Waals surface area contributed by atoms with E-state index in [-0.39, 0.29) is 28.7 Å². The summed E-state index contributed by atoms with van der Waals surface area (Å²) in [4.78, 5) is 26.4. The Morgan fingerprint density at radius 3 is 2.22 bits per heavy atom. The molecule has 0 unspecified atom stereocenters. The molecule has 36 heavy (non-hydrogen) atoms. The van der Waals surface area contributed by atoms with Crippen molar-refractivity contribution in [1.82, 2.24) is 0 Å². The van der Waals surface area contributed by atoms with Gasteiger partial charge in [0.25, 0.3) is 0 Å². The number of Topliss-reactive ketones (excluding diaryl/α,β-unsaturated/α-hetero) is 1. The Morgan fingerprint density at radius 1 is 0.889 bits per heavy atom. The first-order chi connectivity index (χ1) is 17.1. The maximum atomic E-state index is 13.2. The number of fused-ring (bicyclic) bond motifs is 1. The van der Waals surface area contributed by atoms with Crippen LogP contribution in [0.4, 0.5) is 5.69 Å². The van der Waals surface area contributed by atoms with Gasteiger partial charge in [-0.25, -0.2) is 0 Å². The van der Waals surface area contributed by atoms with E-state index in [1.807, 2.05) is 29.5 Å². The van der Waals surface area contributed by atoms with Crippen LogP contribution >= 0.6 is 11.3 Å². The van der Waals surface area contributed by atoms with Gasteiger partial charge in [-0.15, -0.1) is 0 Å². The molecule has 3 rings (SSSR count). The van der Waals surface area contributed by atoms with Crippen molar-refractivity contribution in [2.24, 2.45) is 0 Å². The summed E-state index contributed by atoms with van der Waals surface area (Å²) in [5, 5.41) is 2.91. The third-order valence-electron chi connectivity index (χ3n) is 7.15. The summed E-state index contributed by atoms with van der Waals surface area (Å²) < 4.78 is 2.23. The van der Waals surface area contributed by atoms with Crippen molar-refractivity contribution in [3.05, 3.63) is 45.4 Å². The van der Waals surface area contributed by atoms with Crippen molar-refractivity contribution in [3.8, 4) is 0 Å². The molecular weight excluding hydrogens is 532 g/mol. The predicted octanol–water partition coefficient (Wildman–Crippen LogP) is 4.61. The van der Waals surface area contributed by atoms with E-state index in [2.05, 4.69) is 29.2 Å². The van der Waals surface area contributed by atoms with Gasteiger partial charge in [0, 0.05) is 24.1 Å². The van der Waals surface area contributed by atoms with E-state index >= 15 is 0 Å². The molecule has 4 nitrogen and oxygen atoms in total. The first kappa shape index (κ1) is 30.7. The number of aromatic nitrogens is 1. The highest BCUT2D eigenvalue weighted by Crippen LogP contribution is 2.24. The number of hydrogen-bond donors (Lipinski definition) is 1. The lowest BCUT2D eigenvalue weighted by Gasteiger charge is -2.17. The number of hydrogen-bond acceptors (Lipinski definition) is 3. The number of halogens is 1. The largest absolute Gasteiger partial charge is 1.00 e. The van der Waals surface area contributed by atoms with Crippen LogP contribution in [0.15, 0.2) is 23.7 Å². The minimum absolute atomic E-state index is 0. The second kappa shape index (κ2) is 17.1. The number of unbranched alkanes of at least 4 members (excludes halogenated alkanes) is 10. The molecule has 2 aromatic rings. The van der Waals surface area contributed by atoms with E-state index < -0.39 is 0 Å². The number of nitrogens with one attached hydrogen (secondary N) is 1. The Kier molecular flexibility index (Phi) is 14.6. The molecule has 0 spiro atoms. The fourth-order valence-corrected chi connectivity index (χ4v) is 6.05. The number of carbonyl (C=O) groups excluding carboxylic acids is 2. The van der Waals surface area contributed by atoms with Gasteiger partial charge in [0.05, 0.1) is 4.88 Å². The van der Waals surface area contributed by atoms with E-state index in [1.54, 1.807) is 0 Å². The van der Waals surface area contributed by atoms with Crippen LogP contribution < -0.4 is 26.9 Å². The number of benzene rings is 1. The van der Waals surface area contributed by atoms with Gasteiger partial charge in [0.1, 0.15) is 0 Å². The average Bonchev–Trinajstić information content (AvgIpc) is 3.24. The quantitative estimate of drug-likeness (QED) is 0.170. The summed E-state index contributed by atoms with van der Waals surface area (Å²) in [5.41, 5.74) is 6.24. The van der Waals surface area contributed by atoms with Gasteiger partial charge in [-0.2, -0.15) is 4.57 Å². The van der Waals surface area contributed by atoms with Gasteiger partial charge in [-0.3, -0.25) is 9.59 Å². The maximum absolute atomic E-state index is 13.2. The van der Waals surface area contributed by atoms with E-state index in [0.29, 0.717) is 19.4 Å². The van der Waals surface area contributed by atoms with Crippen LogP contribution in [-0.2, 0) is 30.6 Å². The van der Waals surface area contributed by atoms with Gasteiger partial charge in [0.2, 0.25) is 23.7 Å². The summed E-state index contributed by atoms with van der Waals surface area (Å²) in [6.07, 6.45) is 19.0. The van der Waals surface area contributed by atoms with Crippen molar-refractivity contribution in [1.29, 1.82) is 0 Å². The molecule has 0 radical (unpaired) electrons. The van der Waals surface area contributed by atoms with Crippen molar-refractivity contribution in [3.63, 3.8) is 0 Å². The average molecular weight is 578 g/mol. The lowest BCUT2D eigenvalue weighted by Crippen LogP contribution is -3.00.